The number of rotatable bonds is 4. The monoisotopic (exact) mass is 188 g/mol. The van der Waals surface area contributed by atoms with Crippen LogP contribution < -0.4 is 11.1 Å². The van der Waals surface area contributed by atoms with E-state index in [0.717, 1.165) is 6.54 Å². The highest BCUT2D eigenvalue weighted by Crippen LogP contribution is 2.23. The molecule has 0 aliphatic carbocycles. The molecule has 1 aliphatic heterocycles. The van der Waals surface area contributed by atoms with Gasteiger partial charge in [0.2, 0.25) is 5.91 Å². The Kier molecular flexibility index (Phi) is 4.46. The van der Waals surface area contributed by atoms with E-state index >= 15 is 0 Å². The summed E-state index contributed by atoms with van der Waals surface area (Å²) >= 11 is 2.00. The van der Waals surface area contributed by atoms with Crippen LogP contribution in [0.2, 0.25) is 0 Å². The average Bonchev–Trinajstić information content (AvgIpc) is 2.05. The second-order valence-corrected chi connectivity index (χ2v) is 4.49. The van der Waals surface area contributed by atoms with Gasteiger partial charge in [0.15, 0.2) is 0 Å². The van der Waals surface area contributed by atoms with Crippen LogP contribution >= 0.6 is 11.8 Å². The Bertz CT molecular complexity index is 146. The molecule has 0 bridgehead atoms. The zero-order chi connectivity index (χ0) is 8.81. The van der Waals surface area contributed by atoms with Crippen LogP contribution in [0.15, 0.2) is 0 Å². The minimum absolute atomic E-state index is 0.268. The highest BCUT2D eigenvalue weighted by atomic mass is 32.2. The zero-order valence-electron chi connectivity index (χ0n) is 7.21. The Labute approximate surface area is 77.5 Å². The quantitative estimate of drug-likeness (QED) is 0.669. The van der Waals surface area contributed by atoms with Crippen molar-refractivity contribution >= 4 is 17.7 Å². The van der Waals surface area contributed by atoms with Gasteiger partial charge in [-0.05, 0) is 18.6 Å². The van der Waals surface area contributed by atoms with E-state index in [1.165, 1.54) is 25.0 Å². The SMILES string of the molecule is NC(=O)CNCC1CCCCS1. The molecule has 0 spiro atoms. The average molecular weight is 188 g/mol. The normalized spacial score (nSPS) is 23.8. The van der Waals surface area contributed by atoms with Gasteiger partial charge in [0, 0.05) is 11.8 Å². The third kappa shape index (κ3) is 3.97. The van der Waals surface area contributed by atoms with Gasteiger partial charge in [-0.1, -0.05) is 6.42 Å². The third-order valence-corrected chi connectivity index (χ3v) is 3.34. The summed E-state index contributed by atoms with van der Waals surface area (Å²) in [4.78, 5) is 10.4. The van der Waals surface area contributed by atoms with E-state index in [1.54, 1.807) is 0 Å². The van der Waals surface area contributed by atoms with Crippen molar-refractivity contribution in [3.05, 3.63) is 0 Å². The maximum absolute atomic E-state index is 10.4. The lowest BCUT2D eigenvalue weighted by Gasteiger charge is -2.20. The minimum Gasteiger partial charge on any atom is -0.369 e. The molecular formula is C8H16N2OS. The molecule has 70 valence electrons. The Morgan fingerprint density at radius 2 is 2.42 bits per heavy atom. The summed E-state index contributed by atoms with van der Waals surface area (Å²) in [6, 6.07) is 0. The summed E-state index contributed by atoms with van der Waals surface area (Å²) in [7, 11) is 0. The van der Waals surface area contributed by atoms with Crippen LogP contribution in [0.25, 0.3) is 0 Å². The minimum atomic E-state index is -0.268. The van der Waals surface area contributed by atoms with E-state index in [9.17, 15) is 4.79 Å². The molecule has 0 aromatic rings. The Morgan fingerprint density at radius 1 is 1.58 bits per heavy atom. The van der Waals surface area contributed by atoms with Crippen LogP contribution in [0.5, 0.6) is 0 Å². The number of carbonyl (C=O) groups is 1. The highest BCUT2D eigenvalue weighted by Gasteiger charge is 2.12. The second kappa shape index (κ2) is 5.43. The molecule has 0 saturated carbocycles. The lowest BCUT2D eigenvalue weighted by atomic mass is 10.2. The third-order valence-electron chi connectivity index (χ3n) is 1.95. The van der Waals surface area contributed by atoms with Gasteiger partial charge in [-0.2, -0.15) is 11.8 Å². The van der Waals surface area contributed by atoms with Crippen molar-refractivity contribution in [2.45, 2.75) is 24.5 Å². The highest BCUT2D eigenvalue weighted by molar-refractivity contribution is 7.99. The molecule has 1 rings (SSSR count). The molecule has 1 fully saturated rings. The van der Waals surface area contributed by atoms with Gasteiger partial charge in [0.1, 0.15) is 0 Å². The molecule has 4 heteroatoms. The molecule has 0 radical (unpaired) electrons. The summed E-state index contributed by atoms with van der Waals surface area (Å²) in [6.45, 7) is 1.24. The van der Waals surface area contributed by atoms with Crippen molar-refractivity contribution in [1.82, 2.24) is 5.32 Å². The van der Waals surface area contributed by atoms with E-state index in [-0.39, 0.29) is 5.91 Å². The number of nitrogens with two attached hydrogens (primary N) is 1. The first kappa shape index (κ1) is 9.86. The van der Waals surface area contributed by atoms with Gasteiger partial charge in [-0.15, -0.1) is 0 Å². The first-order valence-corrected chi connectivity index (χ1v) is 5.44. The largest absolute Gasteiger partial charge is 0.369 e. The number of hydrogen-bond donors (Lipinski definition) is 2. The van der Waals surface area contributed by atoms with Gasteiger partial charge < -0.3 is 11.1 Å². The van der Waals surface area contributed by atoms with Crippen LogP contribution in [0.1, 0.15) is 19.3 Å². The maximum atomic E-state index is 10.4. The predicted molar refractivity (Wildman–Crippen MR) is 52.2 cm³/mol. The van der Waals surface area contributed by atoms with E-state index < -0.39 is 0 Å². The van der Waals surface area contributed by atoms with Crippen LogP contribution in [0.4, 0.5) is 0 Å². The first-order chi connectivity index (χ1) is 5.79. The molecule has 3 N–H and O–H groups in total. The molecule has 12 heavy (non-hydrogen) atoms. The van der Waals surface area contributed by atoms with E-state index in [1.807, 2.05) is 11.8 Å². The Morgan fingerprint density at radius 3 is 3.00 bits per heavy atom. The standard InChI is InChI=1S/C8H16N2OS/c9-8(11)6-10-5-7-3-1-2-4-12-7/h7,10H,1-6H2,(H2,9,11). The van der Waals surface area contributed by atoms with Crippen molar-refractivity contribution < 1.29 is 4.79 Å². The molecule has 1 atom stereocenters. The van der Waals surface area contributed by atoms with Gasteiger partial charge in [0.25, 0.3) is 0 Å². The lowest BCUT2D eigenvalue weighted by molar-refractivity contribution is -0.117. The van der Waals surface area contributed by atoms with Crippen molar-refractivity contribution in [1.29, 1.82) is 0 Å². The van der Waals surface area contributed by atoms with Crippen LogP contribution in [-0.4, -0.2) is 30.0 Å². The van der Waals surface area contributed by atoms with Crippen molar-refractivity contribution in [2.75, 3.05) is 18.8 Å². The van der Waals surface area contributed by atoms with E-state index in [2.05, 4.69) is 5.32 Å². The van der Waals surface area contributed by atoms with Crippen LogP contribution in [0.3, 0.4) is 0 Å². The van der Waals surface area contributed by atoms with Gasteiger partial charge in [0.05, 0.1) is 6.54 Å². The number of amides is 1. The molecule has 0 aromatic heterocycles. The summed E-state index contributed by atoms with van der Waals surface area (Å²) < 4.78 is 0. The number of hydrogen-bond acceptors (Lipinski definition) is 3. The van der Waals surface area contributed by atoms with Crippen molar-refractivity contribution in [3.8, 4) is 0 Å². The fraction of sp³-hybridized carbons (Fsp3) is 0.875. The molecule has 1 heterocycles. The molecule has 1 unspecified atom stereocenters. The van der Waals surface area contributed by atoms with Crippen molar-refractivity contribution in [3.63, 3.8) is 0 Å². The molecular weight excluding hydrogens is 172 g/mol. The zero-order valence-corrected chi connectivity index (χ0v) is 8.03. The van der Waals surface area contributed by atoms with Crippen LogP contribution in [0, 0.1) is 0 Å². The Balaban J connectivity index is 2.01. The van der Waals surface area contributed by atoms with Crippen molar-refractivity contribution in [2.24, 2.45) is 5.73 Å². The maximum Gasteiger partial charge on any atom is 0.231 e. The van der Waals surface area contributed by atoms with Gasteiger partial charge in [-0.3, -0.25) is 4.79 Å². The first-order valence-electron chi connectivity index (χ1n) is 4.39. The van der Waals surface area contributed by atoms with E-state index in [0.29, 0.717) is 11.8 Å². The summed E-state index contributed by atoms with van der Waals surface area (Å²) in [5.74, 6) is 0.999. The lowest BCUT2D eigenvalue weighted by Crippen LogP contribution is -2.33. The smallest absolute Gasteiger partial charge is 0.231 e. The molecule has 0 aromatic carbocycles. The fourth-order valence-electron chi connectivity index (χ4n) is 1.32. The molecule has 1 aliphatic rings. The predicted octanol–water partition coefficient (Wildman–Crippen LogP) is 0.347. The molecule has 1 saturated heterocycles. The van der Waals surface area contributed by atoms with E-state index in [4.69, 9.17) is 5.73 Å². The summed E-state index contributed by atoms with van der Waals surface area (Å²) in [6.07, 6.45) is 3.95. The summed E-state index contributed by atoms with van der Waals surface area (Å²) in [5, 5.41) is 3.75. The Hall–Kier alpha value is -0.220. The van der Waals surface area contributed by atoms with Gasteiger partial charge >= 0.3 is 0 Å². The number of primary amides is 1. The van der Waals surface area contributed by atoms with Crippen LogP contribution in [-0.2, 0) is 4.79 Å². The number of nitrogens with one attached hydrogen (secondary N) is 1. The number of thioether (sulfide) groups is 1. The topological polar surface area (TPSA) is 55.1 Å². The second-order valence-electron chi connectivity index (χ2n) is 3.09. The summed E-state index contributed by atoms with van der Waals surface area (Å²) in [5.41, 5.74) is 5.00. The number of carbonyl (C=O) groups excluding carboxylic acids is 1. The van der Waals surface area contributed by atoms with Gasteiger partial charge in [-0.25, -0.2) is 0 Å². The molecule has 3 nitrogen and oxygen atoms in total. The fourth-order valence-corrected chi connectivity index (χ4v) is 2.60. The molecule has 1 amide bonds.